The Bertz CT molecular complexity index is 868. The van der Waals surface area contributed by atoms with Crippen molar-refractivity contribution >= 4 is 55.7 Å². The summed E-state index contributed by atoms with van der Waals surface area (Å²) < 4.78 is 11.5. The highest BCUT2D eigenvalue weighted by atomic mass is 79.9. The third kappa shape index (κ3) is 4.83. The minimum Gasteiger partial charge on any atom is -0.482 e. The third-order valence-corrected chi connectivity index (χ3v) is 6.15. The Labute approximate surface area is 175 Å². The van der Waals surface area contributed by atoms with Gasteiger partial charge in [0.15, 0.2) is 6.61 Å². The number of nitrogens with one attached hydrogen (secondary N) is 1. The van der Waals surface area contributed by atoms with Crippen molar-refractivity contribution in [2.24, 2.45) is 0 Å². The molecule has 1 aliphatic carbocycles. The van der Waals surface area contributed by atoms with Crippen LogP contribution in [-0.2, 0) is 22.4 Å². The number of thiophene rings is 1. The van der Waals surface area contributed by atoms with Crippen LogP contribution in [0.2, 0.25) is 5.02 Å². The van der Waals surface area contributed by atoms with Crippen molar-refractivity contribution < 1.29 is 19.1 Å². The van der Waals surface area contributed by atoms with Crippen molar-refractivity contribution in [3.63, 3.8) is 0 Å². The summed E-state index contributed by atoms with van der Waals surface area (Å²) in [7, 11) is 0. The number of aryl methyl sites for hydroxylation is 1. The molecule has 0 atom stereocenters. The molecule has 0 aliphatic heterocycles. The zero-order valence-corrected chi connectivity index (χ0v) is 17.9. The van der Waals surface area contributed by atoms with Crippen LogP contribution in [0.1, 0.15) is 40.6 Å². The Morgan fingerprint density at radius 3 is 2.81 bits per heavy atom. The zero-order chi connectivity index (χ0) is 19.4. The monoisotopic (exact) mass is 471 g/mol. The summed E-state index contributed by atoms with van der Waals surface area (Å²) in [5.41, 5.74) is 1.50. The average Bonchev–Trinajstić information content (AvgIpc) is 2.99. The lowest BCUT2D eigenvalue weighted by atomic mass is 9.95. The van der Waals surface area contributed by atoms with E-state index in [4.69, 9.17) is 21.1 Å². The number of benzene rings is 1. The van der Waals surface area contributed by atoms with Gasteiger partial charge in [-0.1, -0.05) is 27.5 Å². The maximum atomic E-state index is 12.4. The molecule has 27 heavy (non-hydrogen) atoms. The molecule has 0 fully saturated rings. The second kappa shape index (κ2) is 9.08. The Morgan fingerprint density at radius 2 is 2.07 bits per heavy atom. The van der Waals surface area contributed by atoms with Crippen molar-refractivity contribution in [1.82, 2.24) is 0 Å². The van der Waals surface area contributed by atoms with Crippen LogP contribution in [-0.4, -0.2) is 25.1 Å². The fourth-order valence-corrected chi connectivity index (χ4v) is 4.99. The summed E-state index contributed by atoms with van der Waals surface area (Å²) in [4.78, 5) is 25.9. The number of anilines is 1. The van der Waals surface area contributed by atoms with E-state index < -0.39 is 0 Å². The van der Waals surface area contributed by atoms with Crippen molar-refractivity contribution in [2.75, 3.05) is 18.5 Å². The Balaban J connectivity index is 1.73. The molecule has 1 aromatic carbocycles. The lowest BCUT2D eigenvalue weighted by molar-refractivity contribution is -0.118. The Morgan fingerprint density at radius 1 is 1.30 bits per heavy atom. The quantitative estimate of drug-likeness (QED) is 0.584. The standard InChI is InChI=1S/C19H19BrClNO4S/c1-2-25-19(24)17-12-5-3-4-6-15(12)27-18(17)22-16(23)10-26-14-8-7-11(20)9-13(14)21/h7-9H,2-6,10H2,1H3,(H,22,23). The van der Waals surface area contributed by atoms with Crippen LogP contribution >= 0.6 is 38.9 Å². The molecule has 1 aromatic heterocycles. The molecule has 0 spiro atoms. The van der Waals surface area contributed by atoms with Crippen LogP contribution in [0.3, 0.4) is 0 Å². The van der Waals surface area contributed by atoms with E-state index in [9.17, 15) is 9.59 Å². The van der Waals surface area contributed by atoms with Gasteiger partial charge in [0.1, 0.15) is 10.8 Å². The van der Waals surface area contributed by atoms with E-state index in [1.165, 1.54) is 11.3 Å². The number of carbonyl (C=O) groups is 2. The van der Waals surface area contributed by atoms with E-state index in [1.54, 1.807) is 25.1 Å². The number of rotatable bonds is 6. The minimum atomic E-state index is -0.385. The summed E-state index contributed by atoms with van der Waals surface area (Å²) in [6, 6.07) is 5.17. The number of halogens is 2. The molecule has 5 nitrogen and oxygen atoms in total. The topological polar surface area (TPSA) is 64.6 Å². The maximum Gasteiger partial charge on any atom is 0.341 e. The van der Waals surface area contributed by atoms with Crippen molar-refractivity contribution in [3.8, 4) is 5.75 Å². The number of hydrogen-bond acceptors (Lipinski definition) is 5. The van der Waals surface area contributed by atoms with E-state index in [0.717, 1.165) is 40.6 Å². The molecule has 2 aromatic rings. The maximum absolute atomic E-state index is 12.4. The molecule has 1 amide bonds. The molecule has 0 saturated carbocycles. The SMILES string of the molecule is CCOC(=O)c1c(NC(=O)COc2ccc(Br)cc2Cl)sc2c1CCCC2. The summed E-state index contributed by atoms with van der Waals surface area (Å²) in [5, 5.41) is 3.76. The lowest BCUT2D eigenvalue weighted by Gasteiger charge is -2.12. The first-order valence-electron chi connectivity index (χ1n) is 8.69. The van der Waals surface area contributed by atoms with Gasteiger partial charge in [0.25, 0.3) is 5.91 Å². The molecule has 8 heteroatoms. The number of amides is 1. The number of ether oxygens (including phenoxy) is 2. The van der Waals surface area contributed by atoms with Gasteiger partial charge in [0.2, 0.25) is 0 Å². The molecular formula is C19H19BrClNO4S. The Kier molecular flexibility index (Phi) is 6.78. The van der Waals surface area contributed by atoms with Gasteiger partial charge in [-0.3, -0.25) is 4.79 Å². The molecule has 0 unspecified atom stereocenters. The fraction of sp³-hybridized carbons (Fsp3) is 0.368. The van der Waals surface area contributed by atoms with E-state index in [0.29, 0.717) is 27.9 Å². The highest BCUT2D eigenvalue weighted by Crippen LogP contribution is 2.38. The van der Waals surface area contributed by atoms with Crippen molar-refractivity contribution in [2.45, 2.75) is 32.6 Å². The number of esters is 1. The van der Waals surface area contributed by atoms with Crippen LogP contribution in [0.15, 0.2) is 22.7 Å². The van der Waals surface area contributed by atoms with Gasteiger partial charge in [-0.15, -0.1) is 11.3 Å². The van der Waals surface area contributed by atoms with E-state index in [2.05, 4.69) is 21.2 Å². The van der Waals surface area contributed by atoms with Gasteiger partial charge in [0, 0.05) is 9.35 Å². The molecule has 1 aliphatic rings. The molecule has 0 saturated heterocycles. The zero-order valence-electron chi connectivity index (χ0n) is 14.8. The van der Waals surface area contributed by atoms with Gasteiger partial charge < -0.3 is 14.8 Å². The minimum absolute atomic E-state index is 0.202. The molecule has 0 radical (unpaired) electrons. The predicted molar refractivity (Wildman–Crippen MR) is 110 cm³/mol. The van der Waals surface area contributed by atoms with Gasteiger partial charge >= 0.3 is 5.97 Å². The van der Waals surface area contributed by atoms with Gasteiger partial charge in [0.05, 0.1) is 17.2 Å². The number of carbonyl (C=O) groups excluding carboxylic acids is 2. The molecule has 1 heterocycles. The largest absolute Gasteiger partial charge is 0.482 e. The van der Waals surface area contributed by atoms with Gasteiger partial charge in [-0.05, 0) is 56.4 Å². The van der Waals surface area contributed by atoms with Crippen molar-refractivity contribution in [1.29, 1.82) is 0 Å². The van der Waals surface area contributed by atoms with Crippen LogP contribution in [0, 0.1) is 0 Å². The normalized spacial score (nSPS) is 13.0. The van der Waals surface area contributed by atoms with Crippen molar-refractivity contribution in [3.05, 3.63) is 43.7 Å². The lowest BCUT2D eigenvalue weighted by Crippen LogP contribution is -2.21. The highest BCUT2D eigenvalue weighted by Gasteiger charge is 2.27. The first-order chi connectivity index (χ1) is 13.0. The summed E-state index contributed by atoms with van der Waals surface area (Å²) >= 11 is 10.9. The van der Waals surface area contributed by atoms with E-state index in [-0.39, 0.29) is 18.5 Å². The third-order valence-electron chi connectivity index (χ3n) is 4.16. The van der Waals surface area contributed by atoms with Gasteiger partial charge in [-0.2, -0.15) is 0 Å². The number of hydrogen-bond donors (Lipinski definition) is 1. The van der Waals surface area contributed by atoms with Crippen LogP contribution in [0.4, 0.5) is 5.00 Å². The second-order valence-electron chi connectivity index (χ2n) is 6.05. The summed E-state index contributed by atoms with van der Waals surface area (Å²) in [6.45, 7) is 1.86. The molecular weight excluding hydrogens is 454 g/mol. The first-order valence-corrected chi connectivity index (χ1v) is 10.7. The average molecular weight is 473 g/mol. The summed E-state index contributed by atoms with van der Waals surface area (Å²) in [5.74, 6) is -0.312. The molecule has 144 valence electrons. The predicted octanol–water partition coefficient (Wildman–Crippen LogP) is 5.24. The first kappa shape index (κ1) is 20.2. The summed E-state index contributed by atoms with van der Waals surface area (Å²) in [6.07, 6.45) is 3.89. The molecule has 0 bridgehead atoms. The number of fused-ring (bicyclic) bond motifs is 1. The fourth-order valence-electron chi connectivity index (χ4n) is 2.97. The Hall–Kier alpha value is -1.57. The van der Waals surface area contributed by atoms with E-state index in [1.807, 2.05) is 0 Å². The van der Waals surface area contributed by atoms with Crippen LogP contribution in [0.25, 0.3) is 0 Å². The van der Waals surface area contributed by atoms with Gasteiger partial charge in [-0.25, -0.2) is 4.79 Å². The van der Waals surface area contributed by atoms with E-state index >= 15 is 0 Å². The second-order valence-corrected chi connectivity index (χ2v) is 8.48. The van der Waals surface area contributed by atoms with Crippen LogP contribution < -0.4 is 10.1 Å². The molecule has 1 N–H and O–H groups in total. The smallest absolute Gasteiger partial charge is 0.341 e. The highest BCUT2D eigenvalue weighted by molar-refractivity contribution is 9.10. The molecule has 3 rings (SSSR count). The van der Waals surface area contributed by atoms with Crippen LogP contribution in [0.5, 0.6) is 5.75 Å².